The molecular formula is C15H32N2O2. The van der Waals surface area contributed by atoms with Crippen molar-refractivity contribution in [3.05, 3.63) is 0 Å². The molecule has 0 radical (unpaired) electrons. The molecule has 2 N–H and O–H groups in total. The number of rotatable bonds is 8. The van der Waals surface area contributed by atoms with Crippen molar-refractivity contribution in [2.24, 2.45) is 11.1 Å². The van der Waals surface area contributed by atoms with E-state index in [1.165, 1.54) is 25.7 Å². The molecule has 1 aliphatic rings. The summed E-state index contributed by atoms with van der Waals surface area (Å²) in [6.07, 6.45) is 5.03. The summed E-state index contributed by atoms with van der Waals surface area (Å²) in [5.41, 5.74) is 6.57. The molecule has 0 aliphatic heterocycles. The predicted molar refractivity (Wildman–Crippen MR) is 79.4 cm³/mol. The molecule has 1 unspecified atom stereocenters. The quantitative estimate of drug-likeness (QED) is 0.733. The number of hydrogen-bond donors (Lipinski definition) is 1. The molecule has 0 saturated heterocycles. The molecule has 0 aromatic carbocycles. The van der Waals surface area contributed by atoms with E-state index in [-0.39, 0.29) is 11.0 Å². The van der Waals surface area contributed by atoms with Crippen molar-refractivity contribution in [1.29, 1.82) is 0 Å². The maximum Gasteiger partial charge on any atom is 0.0589 e. The molecule has 0 bridgehead atoms. The van der Waals surface area contributed by atoms with Crippen LogP contribution in [0.4, 0.5) is 0 Å². The Labute approximate surface area is 118 Å². The van der Waals surface area contributed by atoms with Gasteiger partial charge in [-0.25, -0.2) is 0 Å². The lowest BCUT2D eigenvalue weighted by molar-refractivity contribution is -0.0608. The average molecular weight is 272 g/mol. The Morgan fingerprint density at radius 2 is 1.53 bits per heavy atom. The first-order valence-electron chi connectivity index (χ1n) is 7.47. The van der Waals surface area contributed by atoms with Crippen LogP contribution >= 0.6 is 0 Å². The van der Waals surface area contributed by atoms with Crippen LogP contribution in [0.5, 0.6) is 0 Å². The number of hydrogen-bond acceptors (Lipinski definition) is 4. The first-order chi connectivity index (χ1) is 9.04. The average Bonchev–Trinajstić information content (AvgIpc) is 2.39. The zero-order chi connectivity index (χ0) is 14.4. The molecule has 114 valence electrons. The SMILES string of the molecule is COCCN(CCOC)C1(CN)CCCCC1(C)C. The Balaban J connectivity index is 2.90. The van der Waals surface area contributed by atoms with Crippen LogP contribution in [-0.2, 0) is 9.47 Å². The monoisotopic (exact) mass is 272 g/mol. The van der Waals surface area contributed by atoms with Crippen molar-refractivity contribution in [3.8, 4) is 0 Å². The van der Waals surface area contributed by atoms with Gasteiger partial charge in [0, 0.05) is 39.4 Å². The second-order valence-electron chi connectivity index (χ2n) is 6.30. The summed E-state index contributed by atoms with van der Waals surface area (Å²) in [6.45, 7) is 8.81. The maximum atomic E-state index is 6.23. The number of methoxy groups -OCH3 is 2. The highest BCUT2D eigenvalue weighted by Crippen LogP contribution is 2.46. The van der Waals surface area contributed by atoms with Crippen LogP contribution in [0.1, 0.15) is 39.5 Å². The molecule has 1 rings (SSSR count). The highest BCUT2D eigenvalue weighted by Gasteiger charge is 2.49. The molecule has 0 aromatic heterocycles. The van der Waals surface area contributed by atoms with Gasteiger partial charge in [0.25, 0.3) is 0 Å². The van der Waals surface area contributed by atoms with Crippen molar-refractivity contribution in [3.63, 3.8) is 0 Å². The minimum atomic E-state index is 0.0856. The maximum absolute atomic E-state index is 6.23. The van der Waals surface area contributed by atoms with Gasteiger partial charge in [-0.05, 0) is 18.3 Å². The van der Waals surface area contributed by atoms with Crippen LogP contribution in [0.3, 0.4) is 0 Å². The van der Waals surface area contributed by atoms with Gasteiger partial charge in [-0.15, -0.1) is 0 Å². The normalized spacial score (nSPS) is 26.8. The Hall–Kier alpha value is -0.160. The largest absolute Gasteiger partial charge is 0.383 e. The third-order valence-electron chi connectivity index (χ3n) is 4.98. The van der Waals surface area contributed by atoms with E-state index in [2.05, 4.69) is 18.7 Å². The lowest BCUT2D eigenvalue weighted by Crippen LogP contribution is -2.64. The first kappa shape index (κ1) is 16.9. The lowest BCUT2D eigenvalue weighted by Gasteiger charge is -2.56. The molecule has 0 amide bonds. The van der Waals surface area contributed by atoms with E-state index < -0.39 is 0 Å². The van der Waals surface area contributed by atoms with E-state index in [9.17, 15) is 0 Å². The highest BCUT2D eigenvalue weighted by molar-refractivity contribution is 5.05. The zero-order valence-electron chi connectivity index (χ0n) is 13.2. The van der Waals surface area contributed by atoms with Gasteiger partial charge in [-0.3, -0.25) is 4.90 Å². The van der Waals surface area contributed by atoms with Gasteiger partial charge in [0.15, 0.2) is 0 Å². The smallest absolute Gasteiger partial charge is 0.0589 e. The van der Waals surface area contributed by atoms with Crippen LogP contribution in [0.2, 0.25) is 0 Å². The van der Waals surface area contributed by atoms with Gasteiger partial charge >= 0.3 is 0 Å². The third-order valence-corrected chi connectivity index (χ3v) is 4.98. The summed E-state index contributed by atoms with van der Waals surface area (Å²) in [7, 11) is 3.52. The standard InChI is InChI=1S/C15H32N2O2/c1-14(2)7-5-6-8-15(14,13-16)17(9-11-18-3)10-12-19-4/h5-13,16H2,1-4H3. The molecule has 4 heteroatoms. The Morgan fingerprint density at radius 3 is 1.95 bits per heavy atom. The second kappa shape index (κ2) is 7.58. The van der Waals surface area contributed by atoms with Gasteiger partial charge in [0.05, 0.1) is 13.2 Å². The number of nitrogens with zero attached hydrogens (tertiary/aromatic N) is 1. The molecule has 1 saturated carbocycles. The molecule has 1 aliphatic carbocycles. The molecule has 19 heavy (non-hydrogen) atoms. The summed E-state index contributed by atoms with van der Waals surface area (Å²) in [5.74, 6) is 0. The molecule has 1 fully saturated rings. The van der Waals surface area contributed by atoms with Crippen molar-refractivity contribution in [1.82, 2.24) is 4.90 Å². The van der Waals surface area contributed by atoms with Crippen LogP contribution in [-0.4, -0.2) is 57.5 Å². The molecule has 4 nitrogen and oxygen atoms in total. The first-order valence-corrected chi connectivity index (χ1v) is 7.47. The Kier molecular flexibility index (Phi) is 6.74. The van der Waals surface area contributed by atoms with Gasteiger partial charge in [-0.2, -0.15) is 0 Å². The van der Waals surface area contributed by atoms with E-state index in [4.69, 9.17) is 15.2 Å². The summed E-state index contributed by atoms with van der Waals surface area (Å²) >= 11 is 0. The molecule has 1 atom stereocenters. The van der Waals surface area contributed by atoms with Gasteiger partial charge in [0.2, 0.25) is 0 Å². The van der Waals surface area contributed by atoms with E-state index >= 15 is 0 Å². The van der Waals surface area contributed by atoms with Crippen LogP contribution in [0, 0.1) is 5.41 Å². The second-order valence-corrected chi connectivity index (χ2v) is 6.30. The number of ether oxygens (including phenoxy) is 2. The topological polar surface area (TPSA) is 47.7 Å². The fourth-order valence-corrected chi connectivity index (χ4v) is 3.59. The van der Waals surface area contributed by atoms with Gasteiger partial charge < -0.3 is 15.2 Å². The zero-order valence-corrected chi connectivity index (χ0v) is 13.2. The van der Waals surface area contributed by atoms with Crippen molar-refractivity contribution in [2.75, 3.05) is 47.1 Å². The van der Waals surface area contributed by atoms with Crippen molar-refractivity contribution in [2.45, 2.75) is 45.1 Å². The minimum Gasteiger partial charge on any atom is -0.383 e. The minimum absolute atomic E-state index is 0.0856. The summed E-state index contributed by atoms with van der Waals surface area (Å²) in [5, 5.41) is 0. The Bertz CT molecular complexity index is 251. The van der Waals surface area contributed by atoms with E-state index in [0.29, 0.717) is 6.54 Å². The molecule has 0 heterocycles. The predicted octanol–water partition coefficient (Wildman–Crippen LogP) is 1.88. The lowest BCUT2D eigenvalue weighted by atomic mass is 9.62. The van der Waals surface area contributed by atoms with Gasteiger partial charge in [0.1, 0.15) is 0 Å². The number of nitrogens with two attached hydrogens (primary N) is 1. The highest BCUT2D eigenvalue weighted by atomic mass is 16.5. The van der Waals surface area contributed by atoms with Crippen molar-refractivity contribution >= 4 is 0 Å². The third kappa shape index (κ3) is 3.69. The summed E-state index contributed by atoms with van der Waals surface area (Å²) < 4.78 is 10.6. The van der Waals surface area contributed by atoms with Crippen molar-refractivity contribution < 1.29 is 9.47 Å². The van der Waals surface area contributed by atoms with E-state index in [1.807, 2.05) is 0 Å². The van der Waals surface area contributed by atoms with E-state index in [1.54, 1.807) is 14.2 Å². The Morgan fingerprint density at radius 1 is 1.00 bits per heavy atom. The van der Waals surface area contributed by atoms with E-state index in [0.717, 1.165) is 26.3 Å². The summed E-state index contributed by atoms with van der Waals surface area (Å²) in [4.78, 5) is 2.51. The van der Waals surface area contributed by atoms with Crippen LogP contribution in [0.25, 0.3) is 0 Å². The molecule has 0 spiro atoms. The summed E-state index contributed by atoms with van der Waals surface area (Å²) in [6, 6.07) is 0. The molecular weight excluding hydrogens is 240 g/mol. The van der Waals surface area contributed by atoms with Crippen LogP contribution in [0.15, 0.2) is 0 Å². The fourth-order valence-electron chi connectivity index (χ4n) is 3.59. The fraction of sp³-hybridized carbons (Fsp3) is 1.00. The molecule has 0 aromatic rings. The van der Waals surface area contributed by atoms with Gasteiger partial charge in [-0.1, -0.05) is 26.7 Å². The van der Waals surface area contributed by atoms with Crippen LogP contribution < -0.4 is 5.73 Å².